The van der Waals surface area contributed by atoms with E-state index in [-0.39, 0.29) is 11.7 Å². The Morgan fingerprint density at radius 3 is 2.62 bits per heavy atom. The molecule has 0 saturated heterocycles. The molecular formula is C15H25N3O3. The first-order valence-corrected chi connectivity index (χ1v) is 7.02. The van der Waals surface area contributed by atoms with Crippen LogP contribution in [-0.2, 0) is 16.0 Å². The number of carbonyl (C=O) groups is 1. The van der Waals surface area contributed by atoms with Crippen molar-refractivity contribution in [2.75, 3.05) is 40.4 Å². The van der Waals surface area contributed by atoms with Gasteiger partial charge in [-0.1, -0.05) is 12.1 Å². The van der Waals surface area contributed by atoms with E-state index in [1.54, 1.807) is 24.3 Å². The predicted octanol–water partition coefficient (Wildman–Crippen LogP) is -0.0436. The second kappa shape index (κ2) is 9.33. The van der Waals surface area contributed by atoms with E-state index in [2.05, 4.69) is 5.32 Å². The fourth-order valence-electron chi connectivity index (χ4n) is 1.71. The number of aromatic hydroxyl groups is 1. The third-order valence-electron chi connectivity index (χ3n) is 2.96. The van der Waals surface area contributed by atoms with Crippen molar-refractivity contribution in [3.63, 3.8) is 0 Å². The van der Waals surface area contributed by atoms with E-state index < -0.39 is 6.04 Å². The topological polar surface area (TPSA) is 87.8 Å². The highest BCUT2D eigenvalue weighted by atomic mass is 16.5. The lowest BCUT2D eigenvalue weighted by Gasteiger charge is -2.13. The molecule has 1 aromatic carbocycles. The van der Waals surface area contributed by atoms with Crippen LogP contribution in [0.5, 0.6) is 5.75 Å². The minimum Gasteiger partial charge on any atom is -0.508 e. The van der Waals surface area contributed by atoms with Crippen molar-refractivity contribution in [2.24, 2.45) is 5.73 Å². The number of carbonyl (C=O) groups excluding carboxylic acids is 1. The highest BCUT2D eigenvalue weighted by molar-refractivity contribution is 5.81. The monoisotopic (exact) mass is 295 g/mol. The Labute approximate surface area is 125 Å². The quantitative estimate of drug-likeness (QED) is 0.556. The zero-order valence-electron chi connectivity index (χ0n) is 12.7. The summed E-state index contributed by atoms with van der Waals surface area (Å²) in [7, 11) is 3.96. The van der Waals surface area contributed by atoms with Crippen molar-refractivity contribution in [2.45, 2.75) is 12.5 Å². The Morgan fingerprint density at radius 1 is 1.33 bits per heavy atom. The maximum atomic E-state index is 11.8. The number of rotatable bonds is 9. The van der Waals surface area contributed by atoms with Gasteiger partial charge in [-0.25, -0.2) is 0 Å². The number of ether oxygens (including phenoxy) is 1. The number of phenols is 1. The van der Waals surface area contributed by atoms with Crippen molar-refractivity contribution < 1.29 is 14.6 Å². The van der Waals surface area contributed by atoms with Gasteiger partial charge in [-0.15, -0.1) is 0 Å². The van der Waals surface area contributed by atoms with Crippen LogP contribution in [0.2, 0.25) is 0 Å². The van der Waals surface area contributed by atoms with Crippen molar-refractivity contribution in [3.05, 3.63) is 29.8 Å². The number of nitrogens with one attached hydrogen (secondary N) is 1. The molecule has 1 unspecified atom stereocenters. The van der Waals surface area contributed by atoms with E-state index in [9.17, 15) is 9.90 Å². The molecule has 6 nitrogen and oxygen atoms in total. The number of hydrogen-bond donors (Lipinski definition) is 3. The van der Waals surface area contributed by atoms with Gasteiger partial charge in [0.05, 0.1) is 19.3 Å². The molecule has 0 aliphatic rings. The Hall–Kier alpha value is -1.63. The summed E-state index contributed by atoms with van der Waals surface area (Å²) in [4.78, 5) is 13.8. The third-order valence-corrected chi connectivity index (χ3v) is 2.96. The average molecular weight is 295 g/mol. The molecule has 0 fully saturated rings. The lowest BCUT2D eigenvalue weighted by Crippen LogP contribution is -2.43. The Morgan fingerprint density at radius 2 is 2.00 bits per heavy atom. The smallest absolute Gasteiger partial charge is 0.237 e. The molecule has 1 rings (SSSR count). The first-order valence-electron chi connectivity index (χ1n) is 7.02. The summed E-state index contributed by atoms with van der Waals surface area (Å²) in [5.41, 5.74) is 6.76. The van der Waals surface area contributed by atoms with E-state index in [4.69, 9.17) is 10.5 Å². The van der Waals surface area contributed by atoms with E-state index in [0.717, 1.165) is 12.1 Å². The number of benzene rings is 1. The van der Waals surface area contributed by atoms with Crippen LogP contribution in [0.3, 0.4) is 0 Å². The van der Waals surface area contributed by atoms with Crippen LogP contribution in [0.25, 0.3) is 0 Å². The maximum absolute atomic E-state index is 11.8. The second-order valence-electron chi connectivity index (χ2n) is 5.18. The van der Waals surface area contributed by atoms with Crippen LogP contribution in [0.4, 0.5) is 0 Å². The fraction of sp³-hybridized carbons (Fsp3) is 0.533. The first kappa shape index (κ1) is 17.4. The van der Waals surface area contributed by atoms with Crippen molar-refractivity contribution in [1.29, 1.82) is 0 Å². The Bertz CT molecular complexity index is 421. The molecule has 21 heavy (non-hydrogen) atoms. The van der Waals surface area contributed by atoms with Crippen LogP contribution < -0.4 is 11.1 Å². The second-order valence-corrected chi connectivity index (χ2v) is 5.18. The van der Waals surface area contributed by atoms with Gasteiger partial charge < -0.3 is 25.8 Å². The Balaban J connectivity index is 2.18. The van der Waals surface area contributed by atoms with E-state index in [1.165, 1.54) is 0 Å². The number of phenolic OH excluding ortho intramolecular Hbond substituents is 1. The molecule has 118 valence electrons. The van der Waals surface area contributed by atoms with Gasteiger partial charge in [-0.05, 0) is 38.2 Å². The van der Waals surface area contributed by atoms with Gasteiger partial charge in [0.15, 0.2) is 0 Å². The summed E-state index contributed by atoms with van der Waals surface area (Å²) >= 11 is 0. The molecule has 1 amide bonds. The van der Waals surface area contributed by atoms with Crippen molar-refractivity contribution in [3.8, 4) is 5.75 Å². The zero-order valence-corrected chi connectivity index (χ0v) is 12.7. The van der Waals surface area contributed by atoms with Gasteiger partial charge >= 0.3 is 0 Å². The van der Waals surface area contributed by atoms with Gasteiger partial charge in [0.25, 0.3) is 0 Å². The zero-order chi connectivity index (χ0) is 15.7. The van der Waals surface area contributed by atoms with E-state index in [1.807, 2.05) is 19.0 Å². The molecule has 0 spiro atoms. The summed E-state index contributed by atoms with van der Waals surface area (Å²) in [5.74, 6) is 0.00549. The molecule has 0 saturated carbocycles. The van der Waals surface area contributed by atoms with Gasteiger partial charge in [-0.2, -0.15) is 0 Å². The van der Waals surface area contributed by atoms with Crippen LogP contribution in [0, 0.1) is 0 Å². The molecule has 0 radical (unpaired) electrons. The van der Waals surface area contributed by atoms with Crippen molar-refractivity contribution >= 4 is 5.91 Å². The number of likely N-dealkylation sites (N-methyl/N-ethyl adjacent to an activating group) is 1. The van der Waals surface area contributed by atoms with E-state index in [0.29, 0.717) is 26.2 Å². The van der Waals surface area contributed by atoms with Crippen LogP contribution in [0.15, 0.2) is 24.3 Å². The van der Waals surface area contributed by atoms with Gasteiger partial charge in [-0.3, -0.25) is 4.79 Å². The standard InChI is InChI=1S/C15H25N3O3/c1-18(2)8-10-21-9-7-17-15(20)14(16)11-12-3-5-13(19)6-4-12/h3-6,14,19H,7-11,16H2,1-2H3,(H,17,20). The maximum Gasteiger partial charge on any atom is 0.237 e. The SMILES string of the molecule is CN(C)CCOCCNC(=O)C(N)Cc1ccc(O)cc1. The van der Waals surface area contributed by atoms with Crippen LogP contribution >= 0.6 is 0 Å². The first-order chi connectivity index (χ1) is 9.99. The number of nitrogens with zero attached hydrogens (tertiary/aromatic N) is 1. The Kier molecular flexibility index (Phi) is 7.74. The number of amides is 1. The average Bonchev–Trinajstić information content (AvgIpc) is 2.44. The summed E-state index contributed by atoms with van der Waals surface area (Å²) in [5, 5.41) is 11.9. The molecule has 0 heterocycles. The van der Waals surface area contributed by atoms with Crippen molar-refractivity contribution in [1.82, 2.24) is 10.2 Å². The molecule has 1 atom stereocenters. The van der Waals surface area contributed by atoms with Crippen LogP contribution in [-0.4, -0.2) is 62.4 Å². The molecule has 0 aliphatic heterocycles. The lowest BCUT2D eigenvalue weighted by molar-refractivity contribution is -0.122. The molecular weight excluding hydrogens is 270 g/mol. The highest BCUT2D eigenvalue weighted by Gasteiger charge is 2.13. The molecule has 4 N–H and O–H groups in total. The summed E-state index contributed by atoms with van der Waals surface area (Å²) < 4.78 is 5.38. The summed E-state index contributed by atoms with van der Waals surface area (Å²) in [6, 6.07) is 6.08. The lowest BCUT2D eigenvalue weighted by atomic mass is 10.1. The summed E-state index contributed by atoms with van der Waals surface area (Å²) in [6.07, 6.45) is 0.438. The number of nitrogens with two attached hydrogens (primary N) is 1. The molecule has 0 aliphatic carbocycles. The molecule has 1 aromatic rings. The highest BCUT2D eigenvalue weighted by Crippen LogP contribution is 2.10. The number of hydrogen-bond acceptors (Lipinski definition) is 5. The van der Waals surface area contributed by atoms with E-state index >= 15 is 0 Å². The van der Waals surface area contributed by atoms with Crippen LogP contribution in [0.1, 0.15) is 5.56 Å². The normalized spacial score (nSPS) is 12.4. The third kappa shape index (κ3) is 7.65. The van der Waals surface area contributed by atoms with Gasteiger partial charge in [0.2, 0.25) is 5.91 Å². The van der Waals surface area contributed by atoms with Gasteiger partial charge in [0.1, 0.15) is 5.75 Å². The molecule has 0 bridgehead atoms. The largest absolute Gasteiger partial charge is 0.508 e. The van der Waals surface area contributed by atoms with Gasteiger partial charge in [0, 0.05) is 13.1 Å². The fourth-order valence-corrected chi connectivity index (χ4v) is 1.71. The minimum atomic E-state index is -0.601. The summed E-state index contributed by atoms with van der Waals surface area (Å²) in [6.45, 7) is 2.43. The predicted molar refractivity (Wildman–Crippen MR) is 82.2 cm³/mol. The molecule has 6 heteroatoms. The molecule has 0 aromatic heterocycles. The minimum absolute atomic E-state index is 0.195.